The fourth-order valence-electron chi connectivity index (χ4n) is 2.74. The second-order valence-corrected chi connectivity index (χ2v) is 7.29. The highest BCUT2D eigenvalue weighted by Crippen LogP contribution is 2.35. The number of amidine groups is 1. The van der Waals surface area contributed by atoms with Crippen molar-refractivity contribution in [3.63, 3.8) is 0 Å². The van der Waals surface area contributed by atoms with Gasteiger partial charge in [0.2, 0.25) is 0 Å². The minimum Gasteiger partial charge on any atom is -0.504 e. The van der Waals surface area contributed by atoms with Crippen molar-refractivity contribution in [3.05, 3.63) is 47.5 Å². The molecule has 0 bridgehead atoms. The van der Waals surface area contributed by atoms with E-state index in [1.165, 1.54) is 37.6 Å². The molecule has 0 aliphatic carbocycles. The van der Waals surface area contributed by atoms with Gasteiger partial charge in [-0.3, -0.25) is 0 Å². The van der Waals surface area contributed by atoms with E-state index in [2.05, 4.69) is 9.50 Å². The van der Waals surface area contributed by atoms with Crippen molar-refractivity contribution in [2.75, 3.05) is 27.4 Å². The Balaban J connectivity index is 2.01. The monoisotopic (exact) mass is 405 g/mol. The predicted octanol–water partition coefficient (Wildman–Crippen LogP) is 1.19. The Morgan fingerprint density at radius 1 is 1.18 bits per heavy atom. The molecule has 0 fully saturated rings. The number of ether oxygens (including phenoxy) is 2. The maximum Gasteiger partial charge on any atom is 0.288 e. The Hall–Kier alpha value is -3.11. The van der Waals surface area contributed by atoms with Crippen LogP contribution in [0.5, 0.6) is 17.2 Å². The van der Waals surface area contributed by atoms with Crippen LogP contribution in [0.2, 0.25) is 0 Å². The minimum absolute atomic E-state index is 0.0147. The van der Waals surface area contributed by atoms with Crippen molar-refractivity contribution in [2.45, 2.75) is 4.90 Å². The molecule has 2 N–H and O–H groups in total. The van der Waals surface area contributed by atoms with E-state index >= 15 is 0 Å². The number of aliphatic hydroxyl groups excluding tert-OH is 1. The fraction of sp³-hybridized carbons (Fsp3) is 0.222. The number of methoxy groups -OCH3 is 2. The summed E-state index contributed by atoms with van der Waals surface area (Å²) in [7, 11) is -1.14. The summed E-state index contributed by atoms with van der Waals surface area (Å²) in [5.41, 5.74) is 0.943. The number of sulfonamides is 1. The smallest absolute Gasteiger partial charge is 0.288 e. The fourth-order valence-corrected chi connectivity index (χ4v) is 4.09. The van der Waals surface area contributed by atoms with Gasteiger partial charge in [-0.15, -0.1) is 4.40 Å². The highest BCUT2D eigenvalue weighted by molar-refractivity contribution is 7.90. The first-order chi connectivity index (χ1) is 13.4. The molecule has 0 amide bonds. The van der Waals surface area contributed by atoms with Gasteiger partial charge in [0.1, 0.15) is 10.6 Å². The minimum atomic E-state index is -3.95. The second kappa shape index (κ2) is 7.87. The van der Waals surface area contributed by atoms with Gasteiger partial charge in [-0.1, -0.05) is 6.07 Å². The summed E-state index contributed by atoms with van der Waals surface area (Å²) in [6.45, 7) is -0.245. The van der Waals surface area contributed by atoms with E-state index in [0.717, 1.165) is 0 Å². The zero-order valence-electron chi connectivity index (χ0n) is 15.2. The number of benzene rings is 2. The van der Waals surface area contributed by atoms with E-state index in [1.54, 1.807) is 24.3 Å². The third-order valence-electron chi connectivity index (χ3n) is 4.01. The summed E-state index contributed by atoms with van der Waals surface area (Å²) >= 11 is 0. The topological polar surface area (TPSA) is 121 Å². The summed E-state index contributed by atoms with van der Waals surface area (Å²) in [6.07, 6.45) is 1.45. The molecule has 0 radical (unpaired) electrons. The Kier molecular flexibility index (Phi) is 5.52. The van der Waals surface area contributed by atoms with Crippen LogP contribution in [0.1, 0.15) is 11.1 Å². The molecule has 9 nitrogen and oxygen atoms in total. The molecule has 0 saturated heterocycles. The number of aliphatic hydroxyl groups is 1. The van der Waals surface area contributed by atoms with E-state index in [4.69, 9.17) is 9.47 Å². The summed E-state index contributed by atoms with van der Waals surface area (Å²) in [5.74, 6) is 0.532. The van der Waals surface area contributed by atoms with Crippen molar-refractivity contribution in [3.8, 4) is 17.2 Å². The Bertz CT molecular complexity index is 1050. The third kappa shape index (κ3) is 3.64. The average Bonchev–Trinajstić information content (AvgIpc) is 2.97. The Morgan fingerprint density at radius 3 is 2.61 bits per heavy atom. The van der Waals surface area contributed by atoms with Crippen LogP contribution in [-0.4, -0.2) is 63.1 Å². The lowest BCUT2D eigenvalue weighted by molar-refractivity contribution is 0.254. The SMILES string of the molecule is COc1cc(/C=N/N(CCO)C2=NS(=O)(=O)c3c(OC)cccc32)ccc1O. The number of rotatable bonds is 6. The number of hydrazone groups is 1. The van der Waals surface area contributed by atoms with E-state index in [9.17, 15) is 18.6 Å². The van der Waals surface area contributed by atoms with Crippen LogP contribution in [0.4, 0.5) is 0 Å². The summed E-state index contributed by atoms with van der Waals surface area (Å²) < 4.78 is 39.0. The van der Waals surface area contributed by atoms with Crippen LogP contribution in [0.25, 0.3) is 0 Å². The lowest BCUT2D eigenvalue weighted by atomic mass is 10.2. The van der Waals surface area contributed by atoms with Gasteiger partial charge >= 0.3 is 0 Å². The molecular formula is C18H19N3O6S. The number of hydrogen-bond donors (Lipinski definition) is 2. The third-order valence-corrected chi connectivity index (χ3v) is 5.36. The first kappa shape index (κ1) is 19.6. The largest absolute Gasteiger partial charge is 0.504 e. The predicted molar refractivity (Wildman–Crippen MR) is 103 cm³/mol. The van der Waals surface area contributed by atoms with Crippen molar-refractivity contribution in [2.24, 2.45) is 9.50 Å². The first-order valence-corrected chi connectivity index (χ1v) is 9.67. The highest BCUT2D eigenvalue weighted by atomic mass is 32.2. The number of phenols is 1. The number of phenolic OH excluding ortho intramolecular Hbond substituents is 1. The van der Waals surface area contributed by atoms with Crippen LogP contribution in [0.15, 0.2) is 50.8 Å². The first-order valence-electron chi connectivity index (χ1n) is 8.23. The van der Waals surface area contributed by atoms with Gasteiger partial charge in [0.05, 0.1) is 33.6 Å². The number of aromatic hydroxyl groups is 1. The van der Waals surface area contributed by atoms with E-state index < -0.39 is 10.0 Å². The van der Waals surface area contributed by atoms with Crippen molar-refractivity contribution in [1.82, 2.24) is 5.01 Å². The lowest BCUT2D eigenvalue weighted by Crippen LogP contribution is -2.29. The molecule has 2 aromatic rings. The Morgan fingerprint density at radius 2 is 1.93 bits per heavy atom. The molecule has 1 aliphatic rings. The molecule has 28 heavy (non-hydrogen) atoms. The highest BCUT2D eigenvalue weighted by Gasteiger charge is 2.35. The molecule has 1 heterocycles. The molecule has 1 aliphatic heterocycles. The molecule has 148 valence electrons. The Labute approximate surface area is 162 Å². The molecule has 0 unspecified atom stereocenters. The molecule has 0 aromatic heterocycles. The molecule has 10 heteroatoms. The van der Waals surface area contributed by atoms with Gasteiger partial charge in [0.15, 0.2) is 17.3 Å². The van der Waals surface area contributed by atoms with Crippen LogP contribution < -0.4 is 9.47 Å². The van der Waals surface area contributed by atoms with Crippen molar-refractivity contribution >= 4 is 22.1 Å². The van der Waals surface area contributed by atoms with Crippen LogP contribution in [-0.2, 0) is 10.0 Å². The number of hydrogen-bond acceptors (Lipinski definition) is 8. The zero-order chi connectivity index (χ0) is 20.3. The average molecular weight is 405 g/mol. The molecule has 2 aromatic carbocycles. The second-order valence-electron chi connectivity index (χ2n) is 5.75. The van der Waals surface area contributed by atoms with Crippen molar-refractivity contribution in [1.29, 1.82) is 0 Å². The normalized spacial score (nSPS) is 14.6. The summed E-state index contributed by atoms with van der Waals surface area (Å²) in [5, 5.41) is 24.6. The zero-order valence-corrected chi connectivity index (χ0v) is 16.0. The van der Waals surface area contributed by atoms with Gasteiger partial charge in [-0.2, -0.15) is 13.5 Å². The van der Waals surface area contributed by atoms with Crippen molar-refractivity contribution < 1.29 is 28.1 Å². The molecule has 3 rings (SSSR count). The molecular weight excluding hydrogens is 386 g/mol. The van der Waals surface area contributed by atoms with Gasteiger partial charge < -0.3 is 19.7 Å². The molecule has 0 atom stereocenters. The van der Waals surface area contributed by atoms with Gasteiger partial charge in [-0.05, 0) is 35.9 Å². The van der Waals surface area contributed by atoms with Crippen LogP contribution in [0, 0.1) is 0 Å². The van der Waals surface area contributed by atoms with Gasteiger partial charge in [0.25, 0.3) is 10.0 Å². The van der Waals surface area contributed by atoms with E-state index in [0.29, 0.717) is 11.1 Å². The molecule has 0 saturated carbocycles. The maximum atomic E-state index is 12.5. The summed E-state index contributed by atoms with van der Waals surface area (Å²) in [4.78, 5) is -0.0306. The molecule has 0 spiro atoms. The summed E-state index contributed by atoms with van der Waals surface area (Å²) in [6, 6.07) is 9.43. The van der Waals surface area contributed by atoms with Crippen LogP contribution >= 0.6 is 0 Å². The quantitative estimate of drug-likeness (QED) is 0.547. The maximum absolute atomic E-state index is 12.5. The van der Waals surface area contributed by atoms with Gasteiger partial charge in [0, 0.05) is 5.56 Å². The number of nitrogens with zero attached hydrogens (tertiary/aromatic N) is 3. The lowest BCUT2D eigenvalue weighted by Gasteiger charge is -2.17. The standard InChI is InChI=1S/C18H19N3O6S/c1-26-15-5-3-4-13-17(15)28(24,25)20-18(13)21(8-9-22)19-11-12-6-7-14(23)16(10-12)27-2/h3-7,10-11,22-23H,8-9H2,1-2H3/b19-11+. The van der Waals surface area contributed by atoms with E-state index in [-0.39, 0.29) is 41.1 Å². The van der Waals surface area contributed by atoms with Gasteiger partial charge in [-0.25, -0.2) is 5.01 Å². The number of fused-ring (bicyclic) bond motifs is 1. The van der Waals surface area contributed by atoms with E-state index in [1.807, 2.05) is 0 Å². The van der Waals surface area contributed by atoms with Crippen LogP contribution in [0.3, 0.4) is 0 Å².